The molecule has 100 valence electrons. The molecule has 0 saturated carbocycles. The fourth-order valence-electron chi connectivity index (χ4n) is 2.37. The number of amides is 1. The average molecular weight is 261 g/mol. The van der Waals surface area contributed by atoms with Crippen molar-refractivity contribution in [2.24, 2.45) is 0 Å². The highest BCUT2D eigenvalue weighted by Crippen LogP contribution is 2.20. The molecule has 19 heavy (non-hydrogen) atoms. The lowest BCUT2D eigenvalue weighted by molar-refractivity contribution is 0.0572. The van der Waals surface area contributed by atoms with Gasteiger partial charge in [0.2, 0.25) is 0 Å². The molecule has 1 aliphatic rings. The molecule has 1 amide bonds. The van der Waals surface area contributed by atoms with Crippen LogP contribution >= 0.6 is 0 Å². The second-order valence-corrected chi connectivity index (χ2v) is 4.87. The summed E-state index contributed by atoms with van der Waals surface area (Å²) in [7, 11) is 0. The SMILES string of the molecule is Nc1ccc2[nH]c(C(=O)N3CC(O)C(O)C3)cc2c1. The first-order chi connectivity index (χ1) is 9.04. The Hall–Kier alpha value is -2.05. The fourth-order valence-corrected chi connectivity index (χ4v) is 2.37. The Morgan fingerprint density at radius 2 is 1.95 bits per heavy atom. The number of hydrogen-bond acceptors (Lipinski definition) is 4. The molecule has 1 aromatic heterocycles. The summed E-state index contributed by atoms with van der Waals surface area (Å²) in [5, 5.41) is 19.8. The quantitative estimate of drug-likeness (QED) is 0.539. The number of nitrogen functional groups attached to an aromatic ring is 1. The molecule has 1 fully saturated rings. The maximum Gasteiger partial charge on any atom is 0.270 e. The molecule has 0 bridgehead atoms. The molecular formula is C13H15N3O3. The van der Waals surface area contributed by atoms with Crippen molar-refractivity contribution in [2.45, 2.75) is 12.2 Å². The van der Waals surface area contributed by atoms with E-state index < -0.39 is 12.2 Å². The topological polar surface area (TPSA) is 103 Å². The number of aromatic amines is 1. The Morgan fingerprint density at radius 3 is 2.63 bits per heavy atom. The van der Waals surface area contributed by atoms with E-state index >= 15 is 0 Å². The molecule has 2 unspecified atom stereocenters. The number of anilines is 1. The average Bonchev–Trinajstić information content (AvgIpc) is 2.92. The van der Waals surface area contributed by atoms with Gasteiger partial charge in [0.25, 0.3) is 5.91 Å². The second-order valence-electron chi connectivity index (χ2n) is 4.87. The van der Waals surface area contributed by atoms with Crippen LogP contribution in [0.5, 0.6) is 0 Å². The largest absolute Gasteiger partial charge is 0.399 e. The third-order valence-corrected chi connectivity index (χ3v) is 3.42. The zero-order chi connectivity index (χ0) is 13.6. The van der Waals surface area contributed by atoms with Gasteiger partial charge in [0.15, 0.2) is 0 Å². The van der Waals surface area contributed by atoms with E-state index in [1.165, 1.54) is 4.90 Å². The van der Waals surface area contributed by atoms with Crippen LogP contribution in [0.15, 0.2) is 24.3 Å². The number of aromatic nitrogens is 1. The number of fused-ring (bicyclic) bond motifs is 1. The minimum Gasteiger partial charge on any atom is -0.399 e. The van der Waals surface area contributed by atoms with E-state index in [1.54, 1.807) is 18.2 Å². The summed E-state index contributed by atoms with van der Waals surface area (Å²) in [4.78, 5) is 16.7. The van der Waals surface area contributed by atoms with E-state index in [4.69, 9.17) is 5.73 Å². The van der Waals surface area contributed by atoms with Crippen molar-refractivity contribution in [3.05, 3.63) is 30.0 Å². The zero-order valence-corrected chi connectivity index (χ0v) is 10.2. The number of aliphatic hydroxyl groups excluding tert-OH is 2. The molecule has 0 spiro atoms. The lowest BCUT2D eigenvalue weighted by atomic mass is 10.2. The van der Waals surface area contributed by atoms with Crippen LogP contribution < -0.4 is 5.73 Å². The molecule has 2 heterocycles. The molecule has 1 saturated heterocycles. The number of nitrogens with two attached hydrogens (primary N) is 1. The van der Waals surface area contributed by atoms with Gasteiger partial charge in [-0.15, -0.1) is 0 Å². The van der Waals surface area contributed by atoms with Crippen LogP contribution in [-0.4, -0.2) is 51.3 Å². The number of hydrogen-bond donors (Lipinski definition) is 4. The highest BCUT2D eigenvalue weighted by Gasteiger charge is 2.33. The first kappa shape index (κ1) is 12.0. The monoisotopic (exact) mass is 261 g/mol. The van der Waals surface area contributed by atoms with Crippen LogP contribution in [0.25, 0.3) is 10.9 Å². The van der Waals surface area contributed by atoms with Crippen LogP contribution in [0.4, 0.5) is 5.69 Å². The minimum atomic E-state index is -0.871. The number of nitrogens with one attached hydrogen (secondary N) is 1. The van der Waals surface area contributed by atoms with E-state index in [-0.39, 0.29) is 19.0 Å². The fraction of sp³-hybridized carbons (Fsp3) is 0.308. The third-order valence-electron chi connectivity index (χ3n) is 3.42. The van der Waals surface area contributed by atoms with Crippen LogP contribution in [-0.2, 0) is 0 Å². The van der Waals surface area contributed by atoms with Crippen molar-refractivity contribution in [1.29, 1.82) is 0 Å². The minimum absolute atomic E-state index is 0.150. The van der Waals surface area contributed by atoms with Gasteiger partial charge in [0.05, 0.1) is 12.2 Å². The third kappa shape index (κ3) is 2.05. The number of H-pyrrole nitrogens is 1. The molecule has 3 rings (SSSR count). The Bertz CT molecular complexity index is 627. The first-order valence-corrected chi connectivity index (χ1v) is 6.08. The Labute approximate surface area is 109 Å². The lowest BCUT2D eigenvalue weighted by Crippen LogP contribution is -2.30. The van der Waals surface area contributed by atoms with Crippen LogP contribution in [0.1, 0.15) is 10.5 Å². The lowest BCUT2D eigenvalue weighted by Gasteiger charge is -2.13. The molecule has 2 atom stereocenters. The summed E-state index contributed by atoms with van der Waals surface area (Å²) in [6.07, 6.45) is -1.74. The van der Waals surface area contributed by atoms with Gasteiger partial charge in [-0.2, -0.15) is 0 Å². The van der Waals surface area contributed by atoms with Gasteiger partial charge in [-0.1, -0.05) is 0 Å². The summed E-state index contributed by atoms with van der Waals surface area (Å²) in [5.41, 5.74) is 7.59. The van der Waals surface area contributed by atoms with Gasteiger partial charge in [0, 0.05) is 29.7 Å². The van der Waals surface area contributed by atoms with Gasteiger partial charge < -0.3 is 25.8 Å². The molecule has 1 aliphatic heterocycles. The van der Waals surface area contributed by atoms with E-state index in [1.807, 2.05) is 6.07 Å². The van der Waals surface area contributed by atoms with Gasteiger partial charge in [0.1, 0.15) is 5.69 Å². The van der Waals surface area contributed by atoms with Crippen LogP contribution in [0.3, 0.4) is 0 Å². The number of nitrogens with zero attached hydrogens (tertiary/aromatic N) is 1. The predicted octanol–water partition coefficient (Wildman–Crippen LogP) is -0.0723. The number of carbonyl (C=O) groups is 1. The highest BCUT2D eigenvalue weighted by atomic mass is 16.3. The van der Waals surface area contributed by atoms with Crippen molar-refractivity contribution < 1.29 is 15.0 Å². The van der Waals surface area contributed by atoms with Crippen molar-refractivity contribution in [2.75, 3.05) is 18.8 Å². The predicted molar refractivity (Wildman–Crippen MR) is 70.6 cm³/mol. The smallest absolute Gasteiger partial charge is 0.270 e. The van der Waals surface area contributed by atoms with E-state index in [0.717, 1.165) is 10.9 Å². The van der Waals surface area contributed by atoms with Gasteiger partial charge >= 0.3 is 0 Å². The summed E-state index contributed by atoms with van der Waals surface area (Å²) >= 11 is 0. The van der Waals surface area contributed by atoms with Crippen molar-refractivity contribution in [1.82, 2.24) is 9.88 Å². The molecule has 5 N–H and O–H groups in total. The number of aliphatic hydroxyl groups is 2. The maximum atomic E-state index is 12.2. The number of β-amino-alcohol motifs (C(OH)–C–C–N with tert-alkyl or cyclic N) is 2. The van der Waals surface area contributed by atoms with E-state index in [9.17, 15) is 15.0 Å². The van der Waals surface area contributed by atoms with Crippen LogP contribution in [0, 0.1) is 0 Å². The number of likely N-dealkylation sites (tertiary alicyclic amines) is 1. The van der Waals surface area contributed by atoms with E-state index in [2.05, 4.69) is 4.98 Å². The van der Waals surface area contributed by atoms with Crippen molar-refractivity contribution in [3.8, 4) is 0 Å². The second kappa shape index (κ2) is 4.25. The molecule has 2 aromatic rings. The van der Waals surface area contributed by atoms with Gasteiger partial charge in [-0.3, -0.25) is 4.79 Å². The van der Waals surface area contributed by atoms with E-state index in [0.29, 0.717) is 11.4 Å². The normalized spacial score (nSPS) is 23.2. The summed E-state index contributed by atoms with van der Waals surface area (Å²) in [6.45, 7) is 0.301. The number of benzene rings is 1. The number of carbonyl (C=O) groups excluding carboxylic acids is 1. The van der Waals surface area contributed by atoms with Gasteiger partial charge in [-0.25, -0.2) is 0 Å². The number of rotatable bonds is 1. The first-order valence-electron chi connectivity index (χ1n) is 6.08. The zero-order valence-electron chi connectivity index (χ0n) is 10.2. The van der Waals surface area contributed by atoms with Crippen molar-refractivity contribution in [3.63, 3.8) is 0 Å². The standard InChI is InChI=1S/C13H15N3O3/c14-8-1-2-9-7(3-8)4-10(15-9)13(19)16-5-11(17)12(18)6-16/h1-4,11-12,15,17-18H,5-6,14H2. The van der Waals surface area contributed by atoms with Gasteiger partial charge in [-0.05, 0) is 24.3 Å². The van der Waals surface area contributed by atoms with Crippen molar-refractivity contribution >= 4 is 22.5 Å². The molecule has 1 aromatic carbocycles. The Morgan fingerprint density at radius 1 is 1.26 bits per heavy atom. The molecule has 6 nitrogen and oxygen atoms in total. The summed E-state index contributed by atoms with van der Waals surface area (Å²) in [5.74, 6) is -0.231. The molecule has 6 heteroatoms. The molecule has 0 radical (unpaired) electrons. The molecular weight excluding hydrogens is 246 g/mol. The highest BCUT2D eigenvalue weighted by molar-refractivity contribution is 5.98. The summed E-state index contributed by atoms with van der Waals surface area (Å²) < 4.78 is 0. The Kier molecular flexibility index (Phi) is 2.69. The summed E-state index contributed by atoms with van der Waals surface area (Å²) in [6, 6.07) is 7.09. The molecule has 0 aliphatic carbocycles. The maximum absolute atomic E-state index is 12.2. The van der Waals surface area contributed by atoms with Crippen LogP contribution in [0.2, 0.25) is 0 Å². The Balaban J connectivity index is 1.90.